The van der Waals surface area contributed by atoms with Crippen LogP contribution in [0, 0.1) is 0 Å². The topological polar surface area (TPSA) is 42.0 Å². The molecule has 17 heavy (non-hydrogen) atoms. The molecule has 5 heteroatoms. The Morgan fingerprint density at radius 1 is 1.47 bits per heavy atom. The molecule has 0 aliphatic carbocycles. The van der Waals surface area contributed by atoms with E-state index in [1.54, 1.807) is 17.6 Å². The Morgan fingerprint density at radius 3 is 2.94 bits per heavy atom. The van der Waals surface area contributed by atoms with E-state index in [1.165, 1.54) is 4.70 Å². The lowest BCUT2D eigenvalue weighted by atomic mass is 10.3. The fourth-order valence-electron chi connectivity index (χ4n) is 1.50. The average molecular weight is 268 g/mol. The zero-order valence-corrected chi connectivity index (χ0v) is 11.6. The van der Waals surface area contributed by atoms with Crippen LogP contribution >= 0.6 is 11.3 Å². The lowest BCUT2D eigenvalue weighted by Crippen LogP contribution is -2.27. The van der Waals surface area contributed by atoms with Crippen LogP contribution in [0.2, 0.25) is 0 Å². The fraction of sp³-hybridized carbons (Fsp3) is 0.417. The highest BCUT2D eigenvalue weighted by Gasteiger charge is 2.06. The van der Waals surface area contributed by atoms with Crippen LogP contribution in [0.1, 0.15) is 11.9 Å². The van der Waals surface area contributed by atoms with Crippen molar-refractivity contribution in [3.8, 4) is 0 Å². The summed E-state index contributed by atoms with van der Waals surface area (Å²) in [6, 6.07) is 8.14. The summed E-state index contributed by atoms with van der Waals surface area (Å²) in [6.07, 6.45) is 1.74. The molecule has 0 radical (unpaired) electrons. The normalized spacial score (nSPS) is 14.9. The summed E-state index contributed by atoms with van der Waals surface area (Å²) in [5, 5.41) is 4.57. The van der Waals surface area contributed by atoms with E-state index < -0.39 is 10.8 Å². The van der Waals surface area contributed by atoms with Crippen molar-refractivity contribution in [3.05, 3.63) is 29.3 Å². The van der Waals surface area contributed by atoms with Gasteiger partial charge in [0.05, 0.1) is 10.2 Å². The molecule has 2 atom stereocenters. The van der Waals surface area contributed by atoms with Gasteiger partial charge in [0.25, 0.3) is 0 Å². The number of para-hydroxylation sites is 1. The van der Waals surface area contributed by atoms with Crippen LogP contribution in [0.3, 0.4) is 0 Å². The maximum absolute atomic E-state index is 11.2. The molecular formula is C12H16N2OS2. The number of rotatable bonds is 5. The number of nitrogens with one attached hydrogen (secondary N) is 1. The van der Waals surface area contributed by atoms with Crippen molar-refractivity contribution in [2.45, 2.75) is 18.7 Å². The molecule has 0 amide bonds. The van der Waals surface area contributed by atoms with Gasteiger partial charge in [-0.1, -0.05) is 12.1 Å². The van der Waals surface area contributed by atoms with E-state index in [4.69, 9.17) is 0 Å². The second-order valence-electron chi connectivity index (χ2n) is 4.02. The van der Waals surface area contributed by atoms with Crippen molar-refractivity contribution >= 4 is 32.4 Å². The van der Waals surface area contributed by atoms with Crippen molar-refractivity contribution in [2.75, 3.05) is 12.8 Å². The summed E-state index contributed by atoms with van der Waals surface area (Å²) >= 11 is 1.71. The molecule has 1 aromatic carbocycles. The molecule has 1 aromatic heterocycles. The van der Waals surface area contributed by atoms with E-state index in [-0.39, 0.29) is 5.25 Å². The Balaban J connectivity index is 1.93. The first-order chi connectivity index (χ1) is 8.16. The highest BCUT2D eigenvalue weighted by molar-refractivity contribution is 7.84. The van der Waals surface area contributed by atoms with Gasteiger partial charge in [-0.25, -0.2) is 4.98 Å². The summed E-state index contributed by atoms with van der Waals surface area (Å²) in [6.45, 7) is 3.50. The van der Waals surface area contributed by atoms with Gasteiger partial charge in [-0.3, -0.25) is 4.21 Å². The SMILES string of the molecule is CC(CNCc1nc2ccccc2s1)S(C)=O. The molecule has 0 aliphatic heterocycles. The largest absolute Gasteiger partial charge is 0.309 e. The first-order valence-corrected chi connectivity index (χ1v) is 7.98. The van der Waals surface area contributed by atoms with Gasteiger partial charge in [-0.15, -0.1) is 11.3 Å². The van der Waals surface area contributed by atoms with E-state index in [2.05, 4.69) is 16.4 Å². The molecule has 2 aromatic rings. The molecule has 3 nitrogen and oxygen atoms in total. The van der Waals surface area contributed by atoms with Crippen LogP contribution in [0.25, 0.3) is 10.2 Å². The predicted molar refractivity (Wildman–Crippen MR) is 74.9 cm³/mol. The Hall–Kier alpha value is -0.780. The molecule has 0 saturated carbocycles. The van der Waals surface area contributed by atoms with Crippen molar-refractivity contribution in [2.24, 2.45) is 0 Å². The lowest BCUT2D eigenvalue weighted by molar-refractivity contribution is 0.646. The van der Waals surface area contributed by atoms with Crippen molar-refractivity contribution in [1.82, 2.24) is 10.3 Å². The van der Waals surface area contributed by atoms with E-state index in [0.29, 0.717) is 0 Å². The Kier molecular flexibility index (Phi) is 4.25. The number of nitrogens with zero attached hydrogens (tertiary/aromatic N) is 1. The fourth-order valence-corrected chi connectivity index (χ4v) is 2.78. The first kappa shape index (κ1) is 12.7. The standard InChI is InChI=1S/C12H16N2OS2/c1-9(17(2)15)7-13-8-12-14-10-5-3-4-6-11(10)16-12/h3-6,9,13H,7-8H2,1-2H3. The predicted octanol–water partition coefficient (Wildman–Crippen LogP) is 2.15. The van der Waals surface area contributed by atoms with Crippen LogP contribution in [-0.4, -0.2) is 27.2 Å². The third-order valence-electron chi connectivity index (χ3n) is 2.61. The minimum Gasteiger partial charge on any atom is -0.309 e. The van der Waals surface area contributed by atoms with Gasteiger partial charge < -0.3 is 5.32 Å². The van der Waals surface area contributed by atoms with Gasteiger partial charge >= 0.3 is 0 Å². The zero-order chi connectivity index (χ0) is 12.3. The van der Waals surface area contributed by atoms with Crippen LogP contribution in [0.15, 0.2) is 24.3 Å². The van der Waals surface area contributed by atoms with Crippen LogP contribution in [0.5, 0.6) is 0 Å². The molecular weight excluding hydrogens is 252 g/mol. The van der Waals surface area contributed by atoms with Crippen LogP contribution in [-0.2, 0) is 17.3 Å². The third-order valence-corrected chi connectivity index (χ3v) is 4.95. The molecule has 1 N–H and O–H groups in total. The molecule has 0 saturated heterocycles. The van der Waals surface area contributed by atoms with E-state index in [0.717, 1.165) is 23.6 Å². The van der Waals surface area contributed by atoms with E-state index in [1.807, 2.05) is 25.1 Å². The monoisotopic (exact) mass is 268 g/mol. The van der Waals surface area contributed by atoms with Gasteiger partial charge in [0.15, 0.2) is 0 Å². The van der Waals surface area contributed by atoms with E-state index >= 15 is 0 Å². The highest BCUT2D eigenvalue weighted by atomic mass is 32.2. The van der Waals surface area contributed by atoms with Crippen molar-refractivity contribution in [3.63, 3.8) is 0 Å². The number of hydrogen-bond donors (Lipinski definition) is 1. The van der Waals surface area contributed by atoms with Crippen LogP contribution in [0.4, 0.5) is 0 Å². The van der Waals surface area contributed by atoms with Crippen molar-refractivity contribution < 1.29 is 4.21 Å². The second kappa shape index (κ2) is 5.71. The summed E-state index contributed by atoms with van der Waals surface area (Å²) in [4.78, 5) is 4.53. The third kappa shape index (κ3) is 3.34. The molecule has 1 heterocycles. The van der Waals surface area contributed by atoms with E-state index in [9.17, 15) is 4.21 Å². The molecule has 0 fully saturated rings. The molecule has 0 bridgehead atoms. The maximum Gasteiger partial charge on any atom is 0.108 e. The number of aromatic nitrogens is 1. The van der Waals surface area contributed by atoms with Crippen LogP contribution < -0.4 is 5.32 Å². The summed E-state index contributed by atoms with van der Waals surface area (Å²) in [5.74, 6) is 0. The second-order valence-corrected chi connectivity index (χ2v) is 6.93. The molecule has 0 spiro atoms. The Morgan fingerprint density at radius 2 is 2.24 bits per heavy atom. The minimum absolute atomic E-state index is 0.185. The van der Waals surface area contributed by atoms with Gasteiger partial charge in [0.2, 0.25) is 0 Å². The Bertz CT molecular complexity index is 491. The summed E-state index contributed by atoms with van der Waals surface area (Å²) < 4.78 is 12.4. The smallest absolute Gasteiger partial charge is 0.108 e. The number of hydrogen-bond acceptors (Lipinski definition) is 4. The highest BCUT2D eigenvalue weighted by Crippen LogP contribution is 2.21. The van der Waals surface area contributed by atoms with Gasteiger partial charge in [-0.2, -0.15) is 0 Å². The van der Waals surface area contributed by atoms with Gasteiger partial charge in [-0.05, 0) is 19.1 Å². The molecule has 0 aliphatic rings. The van der Waals surface area contributed by atoms with Gasteiger partial charge in [0.1, 0.15) is 5.01 Å². The number of thiazole rings is 1. The molecule has 92 valence electrons. The Labute approximate surface area is 108 Å². The quantitative estimate of drug-likeness (QED) is 0.903. The maximum atomic E-state index is 11.2. The zero-order valence-electron chi connectivity index (χ0n) is 9.97. The lowest BCUT2D eigenvalue weighted by Gasteiger charge is -2.08. The molecule has 2 unspecified atom stereocenters. The summed E-state index contributed by atoms with van der Waals surface area (Å²) in [5.41, 5.74) is 1.06. The molecule has 2 rings (SSSR count). The number of benzene rings is 1. The van der Waals surface area contributed by atoms with Crippen molar-refractivity contribution in [1.29, 1.82) is 0 Å². The van der Waals surface area contributed by atoms with Gasteiger partial charge in [0, 0.05) is 35.4 Å². The number of fused-ring (bicyclic) bond motifs is 1. The first-order valence-electron chi connectivity index (χ1n) is 5.54. The summed E-state index contributed by atoms with van der Waals surface area (Å²) in [7, 11) is -0.762. The average Bonchev–Trinajstić information content (AvgIpc) is 2.71. The minimum atomic E-state index is -0.762.